The van der Waals surface area contributed by atoms with Gasteiger partial charge in [0.1, 0.15) is 11.9 Å². The number of hydrogen-bond donors (Lipinski definition) is 1. The second kappa shape index (κ2) is 9.98. The van der Waals surface area contributed by atoms with Gasteiger partial charge in [-0.3, -0.25) is 0 Å². The molecule has 0 fully saturated rings. The summed E-state index contributed by atoms with van der Waals surface area (Å²) in [6, 6.07) is 23.7. The van der Waals surface area contributed by atoms with Gasteiger partial charge in [0.2, 0.25) is 0 Å². The number of hydrogen-bond acceptors (Lipinski definition) is 2. The number of para-hydroxylation sites is 1. The average molecular weight is 504 g/mol. The Morgan fingerprint density at radius 3 is 2.18 bits per heavy atom. The van der Waals surface area contributed by atoms with E-state index in [1.54, 1.807) is 0 Å². The summed E-state index contributed by atoms with van der Waals surface area (Å²) in [6.45, 7) is 13.7. The quantitative estimate of drug-likeness (QED) is 0.360. The predicted octanol–water partition coefficient (Wildman–Crippen LogP) is 9.23. The standard InChI is InChI=1S/C36H41NO/c1-35(2,3)27-21-26-22-29(28-19-13-14-20-31(28)37)34(38-33(26)30(23-27)36(4,5)6)32(24-15-9-7-10-16-24)25-17-11-8-12-18-25/h7,9-11,13-23,32,34H,8,12,37H2,1-6H3. The number of fused-ring (bicyclic) bond motifs is 1. The highest BCUT2D eigenvalue weighted by Gasteiger charge is 2.37. The second-order valence-electron chi connectivity index (χ2n) is 12.7. The molecule has 2 N–H and O–H groups in total. The maximum Gasteiger partial charge on any atom is 0.135 e. The summed E-state index contributed by atoms with van der Waals surface area (Å²) in [5, 5.41) is 0. The van der Waals surface area contributed by atoms with Crippen LogP contribution >= 0.6 is 0 Å². The zero-order valence-corrected chi connectivity index (χ0v) is 23.7. The van der Waals surface area contributed by atoms with E-state index in [4.69, 9.17) is 10.5 Å². The van der Waals surface area contributed by atoms with Gasteiger partial charge in [0.05, 0.1) is 0 Å². The molecule has 0 saturated carbocycles. The Kier molecular flexibility index (Phi) is 6.86. The van der Waals surface area contributed by atoms with Crippen molar-refractivity contribution >= 4 is 17.3 Å². The molecule has 3 aromatic rings. The molecule has 1 aliphatic carbocycles. The van der Waals surface area contributed by atoms with Gasteiger partial charge in [-0.05, 0) is 58.6 Å². The summed E-state index contributed by atoms with van der Waals surface area (Å²) >= 11 is 0. The third kappa shape index (κ3) is 5.10. The van der Waals surface area contributed by atoms with E-state index in [0.717, 1.165) is 41.0 Å². The molecule has 3 aromatic carbocycles. The average Bonchev–Trinajstić information content (AvgIpc) is 2.88. The van der Waals surface area contributed by atoms with Crippen molar-refractivity contribution in [2.75, 3.05) is 5.73 Å². The van der Waals surface area contributed by atoms with Crippen LogP contribution in [0.3, 0.4) is 0 Å². The largest absolute Gasteiger partial charge is 0.484 e. The van der Waals surface area contributed by atoms with Gasteiger partial charge in [0.15, 0.2) is 0 Å². The molecule has 0 aromatic heterocycles. The Morgan fingerprint density at radius 1 is 0.842 bits per heavy atom. The zero-order valence-electron chi connectivity index (χ0n) is 23.7. The number of rotatable bonds is 4. The second-order valence-corrected chi connectivity index (χ2v) is 12.7. The lowest BCUT2D eigenvalue weighted by Crippen LogP contribution is -2.32. The fourth-order valence-corrected chi connectivity index (χ4v) is 5.63. The molecule has 2 aliphatic rings. The minimum atomic E-state index is -0.217. The van der Waals surface area contributed by atoms with Crippen LogP contribution in [0.1, 0.15) is 88.1 Å². The van der Waals surface area contributed by atoms with Crippen LogP contribution in [0.2, 0.25) is 0 Å². The molecule has 196 valence electrons. The van der Waals surface area contributed by atoms with E-state index >= 15 is 0 Å². The van der Waals surface area contributed by atoms with Gasteiger partial charge >= 0.3 is 0 Å². The summed E-state index contributed by atoms with van der Waals surface area (Å²) in [6.07, 6.45) is 11.2. The molecule has 2 nitrogen and oxygen atoms in total. The first kappa shape index (κ1) is 26.1. The van der Waals surface area contributed by atoms with Crippen LogP contribution in [0, 0.1) is 0 Å². The highest BCUT2D eigenvalue weighted by molar-refractivity contribution is 5.92. The van der Waals surface area contributed by atoms with Crippen LogP contribution in [0.25, 0.3) is 11.6 Å². The highest BCUT2D eigenvalue weighted by Crippen LogP contribution is 2.49. The Morgan fingerprint density at radius 2 is 1.55 bits per heavy atom. The van der Waals surface area contributed by atoms with Crippen molar-refractivity contribution in [1.82, 2.24) is 0 Å². The fourth-order valence-electron chi connectivity index (χ4n) is 5.63. The number of benzene rings is 3. The number of nitrogen functional groups attached to an aromatic ring is 1. The van der Waals surface area contributed by atoms with Crippen LogP contribution < -0.4 is 10.5 Å². The Labute approximate surface area is 228 Å². The maximum atomic E-state index is 7.25. The van der Waals surface area contributed by atoms with E-state index in [1.165, 1.54) is 22.3 Å². The molecule has 2 unspecified atom stereocenters. The van der Waals surface area contributed by atoms with E-state index in [-0.39, 0.29) is 22.9 Å². The molecule has 2 atom stereocenters. The molecule has 0 radical (unpaired) electrons. The monoisotopic (exact) mass is 503 g/mol. The molecule has 0 spiro atoms. The predicted molar refractivity (Wildman–Crippen MR) is 163 cm³/mol. The lowest BCUT2D eigenvalue weighted by Gasteiger charge is -2.38. The summed E-state index contributed by atoms with van der Waals surface area (Å²) < 4.78 is 7.25. The lowest BCUT2D eigenvalue weighted by molar-refractivity contribution is 0.230. The minimum Gasteiger partial charge on any atom is -0.484 e. The van der Waals surface area contributed by atoms with E-state index in [9.17, 15) is 0 Å². The minimum absolute atomic E-state index is 0.0237. The Bertz CT molecular complexity index is 1410. The molecule has 1 heterocycles. The van der Waals surface area contributed by atoms with Crippen LogP contribution in [0.5, 0.6) is 5.75 Å². The molecule has 0 bridgehead atoms. The van der Waals surface area contributed by atoms with Crippen molar-refractivity contribution in [3.8, 4) is 5.75 Å². The lowest BCUT2D eigenvalue weighted by atomic mass is 9.75. The molecular formula is C36H41NO. The van der Waals surface area contributed by atoms with E-state index < -0.39 is 0 Å². The van der Waals surface area contributed by atoms with Crippen molar-refractivity contribution < 1.29 is 4.74 Å². The Balaban J connectivity index is 1.79. The van der Waals surface area contributed by atoms with Crippen LogP contribution in [-0.4, -0.2) is 6.10 Å². The summed E-state index contributed by atoms with van der Waals surface area (Å²) in [4.78, 5) is 0. The summed E-state index contributed by atoms with van der Waals surface area (Å²) in [5.41, 5.74) is 15.8. The normalized spacial score (nSPS) is 18.2. The first-order chi connectivity index (χ1) is 18.0. The third-order valence-electron chi connectivity index (χ3n) is 7.77. The van der Waals surface area contributed by atoms with Gasteiger partial charge in [-0.15, -0.1) is 0 Å². The van der Waals surface area contributed by atoms with E-state index in [1.807, 2.05) is 12.1 Å². The fraction of sp³-hybridized carbons (Fsp3) is 0.333. The third-order valence-corrected chi connectivity index (χ3v) is 7.77. The van der Waals surface area contributed by atoms with Gasteiger partial charge in [-0.25, -0.2) is 0 Å². The topological polar surface area (TPSA) is 35.2 Å². The highest BCUT2D eigenvalue weighted by atomic mass is 16.5. The van der Waals surface area contributed by atoms with Crippen LogP contribution in [0.4, 0.5) is 5.69 Å². The van der Waals surface area contributed by atoms with E-state index in [2.05, 4.69) is 120 Å². The van der Waals surface area contributed by atoms with Crippen molar-refractivity contribution in [2.45, 2.75) is 77.2 Å². The zero-order chi connectivity index (χ0) is 27.1. The molecule has 2 heteroatoms. The first-order valence-electron chi connectivity index (χ1n) is 13.9. The maximum absolute atomic E-state index is 7.25. The number of nitrogens with two attached hydrogens (primary N) is 1. The molecule has 0 amide bonds. The number of ether oxygens (including phenoxy) is 1. The SMILES string of the molecule is CC(C)(C)c1cc2c(c(C(C)(C)C)c1)OC(C(C1=CCCC=C1)c1ccccc1)C(c1ccccc1N)=C2. The van der Waals surface area contributed by atoms with Gasteiger partial charge in [-0.2, -0.15) is 0 Å². The summed E-state index contributed by atoms with van der Waals surface area (Å²) in [5.74, 6) is 1.04. The molecule has 1 aliphatic heterocycles. The van der Waals surface area contributed by atoms with Gasteiger partial charge in [0.25, 0.3) is 0 Å². The van der Waals surface area contributed by atoms with Crippen LogP contribution in [-0.2, 0) is 10.8 Å². The van der Waals surface area contributed by atoms with Crippen molar-refractivity contribution in [3.63, 3.8) is 0 Å². The van der Waals surface area contributed by atoms with Gasteiger partial charge in [-0.1, -0.05) is 114 Å². The van der Waals surface area contributed by atoms with Crippen molar-refractivity contribution in [1.29, 1.82) is 0 Å². The molecular weight excluding hydrogens is 462 g/mol. The Hall–Kier alpha value is -3.52. The molecule has 5 rings (SSSR count). The van der Waals surface area contributed by atoms with Crippen molar-refractivity contribution in [3.05, 3.63) is 118 Å². The van der Waals surface area contributed by atoms with Gasteiger partial charge in [0, 0.05) is 33.9 Å². The smallest absolute Gasteiger partial charge is 0.135 e. The molecule has 0 saturated heterocycles. The van der Waals surface area contributed by atoms with Crippen molar-refractivity contribution in [2.24, 2.45) is 0 Å². The van der Waals surface area contributed by atoms with Gasteiger partial charge < -0.3 is 10.5 Å². The van der Waals surface area contributed by atoms with E-state index in [0.29, 0.717) is 0 Å². The molecule has 38 heavy (non-hydrogen) atoms. The first-order valence-corrected chi connectivity index (χ1v) is 13.9. The van der Waals surface area contributed by atoms with Crippen LogP contribution in [0.15, 0.2) is 90.5 Å². The summed E-state index contributed by atoms with van der Waals surface area (Å²) in [7, 11) is 0. The number of anilines is 1. The number of allylic oxidation sites excluding steroid dienone is 3.